The first-order chi connectivity index (χ1) is 13.3. The van der Waals surface area contributed by atoms with Crippen molar-refractivity contribution in [3.63, 3.8) is 0 Å². The summed E-state index contributed by atoms with van der Waals surface area (Å²) in [5.74, 6) is -5.43. The largest absolute Gasteiger partial charge is 0.462 e. The fourth-order valence-electron chi connectivity index (χ4n) is 2.40. The van der Waals surface area contributed by atoms with Crippen LogP contribution in [0.2, 0.25) is 0 Å². The number of alkyl halides is 4. The first-order valence-electron chi connectivity index (χ1n) is 9.33. The first-order valence-corrected chi connectivity index (χ1v) is 10.8. The quantitative estimate of drug-likeness (QED) is 0.289. The van der Waals surface area contributed by atoms with Crippen LogP contribution in [0, 0.1) is 0 Å². The first kappa shape index (κ1) is 25.4. The molecule has 0 aliphatic carbocycles. The number of ether oxygens (including phenoxy) is 1. The van der Waals surface area contributed by atoms with Gasteiger partial charge in [-0.1, -0.05) is 32.0 Å². The van der Waals surface area contributed by atoms with E-state index in [4.69, 9.17) is 4.74 Å². The maximum atomic E-state index is 14.2. The summed E-state index contributed by atoms with van der Waals surface area (Å²) in [5.41, 5.74) is -0.972. The lowest BCUT2D eigenvalue weighted by Crippen LogP contribution is -2.57. The van der Waals surface area contributed by atoms with Crippen LogP contribution in [0.4, 0.5) is 17.6 Å². The Hall–Kier alpha value is -1.68. The van der Waals surface area contributed by atoms with E-state index in [1.165, 1.54) is 19.1 Å². The maximum absolute atomic E-state index is 14.2. The summed E-state index contributed by atoms with van der Waals surface area (Å²) in [6.07, 6.45) is -1.59. The molecule has 1 aromatic carbocycles. The summed E-state index contributed by atoms with van der Waals surface area (Å²) < 4.78 is 86.9. The average molecular weight is 441 g/mol. The molecule has 0 radical (unpaired) electrons. The highest BCUT2D eigenvalue weighted by Crippen LogP contribution is 2.42. The van der Waals surface area contributed by atoms with E-state index >= 15 is 0 Å². The van der Waals surface area contributed by atoms with Crippen LogP contribution in [-0.4, -0.2) is 37.7 Å². The Morgan fingerprint density at radius 2 is 1.59 bits per heavy atom. The number of hydrogen-bond acceptors (Lipinski definition) is 4. The van der Waals surface area contributed by atoms with Gasteiger partial charge >= 0.3 is 17.1 Å². The number of benzene rings is 1. The second-order valence-electron chi connectivity index (χ2n) is 7.05. The van der Waals surface area contributed by atoms with Crippen molar-refractivity contribution in [1.29, 1.82) is 0 Å². The SMILES string of the molecule is CCC(C)(CC)NS(=O)(=O)C(F)(F)C(F)(F)CCCCOC(=O)c1ccccc1. The van der Waals surface area contributed by atoms with Gasteiger partial charge in [-0.15, -0.1) is 0 Å². The summed E-state index contributed by atoms with van der Waals surface area (Å²) in [4.78, 5) is 11.7. The highest BCUT2D eigenvalue weighted by molar-refractivity contribution is 7.90. The van der Waals surface area contributed by atoms with Crippen LogP contribution in [0.3, 0.4) is 0 Å². The van der Waals surface area contributed by atoms with E-state index in [1.807, 2.05) is 0 Å². The molecule has 0 aliphatic rings. The molecular weight excluding hydrogens is 414 g/mol. The Morgan fingerprint density at radius 1 is 1.03 bits per heavy atom. The predicted molar refractivity (Wildman–Crippen MR) is 102 cm³/mol. The molecule has 0 atom stereocenters. The topological polar surface area (TPSA) is 72.5 Å². The molecule has 29 heavy (non-hydrogen) atoms. The van der Waals surface area contributed by atoms with E-state index in [9.17, 15) is 30.8 Å². The van der Waals surface area contributed by atoms with E-state index in [-0.39, 0.29) is 31.4 Å². The molecule has 1 aromatic rings. The Morgan fingerprint density at radius 3 is 2.10 bits per heavy atom. The highest BCUT2D eigenvalue weighted by Gasteiger charge is 2.65. The van der Waals surface area contributed by atoms with Crippen LogP contribution in [0.25, 0.3) is 0 Å². The number of unbranched alkanes of at least 4 members (excludes halogenated alkanes) is 1. The van der Waals surface area contributed by atoms with Crippen molar-refractivity contribution in [3.05, 3.63) is 35.9 Å². The van der Waals surface area contributed by atoms with Crippen molar-refractivity contribution in [1.82, 2.24) is 4.72 Å². The van der Waals surface area contributed by atoms with Crippen LogP contribution in [0.5, 0.6) is 0 Å². The molecule has 1 N–H and O–H groups in total. The predicted octanol–water partition coefficient (Wildman–Crippen LogP) is 4.74. The molecule has 1 rings (SSSR count). The third kappa shape index (κ3) is 6.40. The van der Waals surface area contributed by atoms with E-state index in [0.29, 0.717) is 0 Å². The van der Waals surface area contributed by atoms with Gasteiger partial charge < -0.3 is 4.74 Å². The summed E-state index contributed by atoms with van der Waals surface area (Å²) in [7, 11) is -5.61. The minimum Gasteiger partial charge on any atom is -0.462 e. The van der Waals surface area contributed by atoms with Gasteiger partial charge in [-0.25, -0.2) is 17.9 Å². The lowest BCUT2D eigenvalue weighted by molar-refractivity contribution is -0.162. The molecule has 0 saturated heterocycles. The van der Waals surface area contributed by atoms with Gasteiger partial charge in [0, 0.05) is 12.0 Å². The molecule has 0 bridgehead atoms. The lowest BCUT2D eigenvalue weighted by atomic mass is 9.98. The number of esters is 1. The van der Waals surface area contributed by atoms with Gasteiger partial charge in [-0.05, 0) is 44.7 Å². The molecule has 0 saturated carbocycles. The third-order valence-corrected chi connectivity index (χ3v) is 6.57. The Labute approximate surface area is 168 Å². The van der Waals surface area contributed by atoms with Crippen molar-refractivity contribution in [2.24, 2.45) is 0 Å². The second kappa shape index (κ2) is 9.88. The molecule has 0 amide bonds. The number of sulfonamides is 1. The summed E-state index contributed by atoms with van der Waals surface area (Å²) in [6.45, 7) is 4.27. The number of rotatable bonds is 12. The van der Waals surface area contributed by atoms with Crippen LogP contribution >= 0.6 is 0 Å². The van der Waals surface area contributed by atoms with Crippen molar-refractivity contribution in [2.75, 3.05) is 6.61 Å². The smallest absolute Gasteiger partial charge is 0.420 e. The molecule has 0 aromatic heterocycles. The number of nitrogens with one attached hydrogen (secondary N) is 1. The zero-order chi connectivity index (χ0) is 22.3. The normalized spacial score (nSPS) is 13.3. The Balaban J connectivity index is 2.62. The summed E-state index contributed by atoms with van der Waals surface area (Å²) in [5, 5.41) is -5.27. The fourth-order valence-corrected chi connectivity index (χ4v) is 3.96. The molecule has 0 fully saturated rings. The number of hydrogen-bond donors (Lipinski definition) is 1. The summed E-state index contributed by atoms with van der Waals surface area (Å²) >= 11 is 0. The Bertz CT molecular complexity index is 766. The van der Waals surface area contributed by atoms with Gasteiger partial charge in [0.25, 0.3) is 10.0 Å². The minimum atomic E-state index is -5.61. The van der Waals surface area contributed by atoms with E-state index in [1.54, 1.807) is 36.8 Å². The maximum Gasteiger partial charge on any atom is 0.420 e. The lowest BCUT2D eigenvalue weighted by Gasteiger charge is -2.33. The molecule has 0 unspecified atom stereocenters. The van der Waals surface area contributed by atoms with Crippen LogP contribution < -0.4 is 4.72 Å². The van der Waals surface area contributed by atoms with Gasteiger partial charge in [-0.2, -0.15) is 17.6 Å². The van der Waals surface area contributed by atoms with Crippen molar-refractivity contribution in [3.8, 4) is 0 Å². The van der Waals surface area contributed by atoms with Crippen molar-refractivity contribution < 1.29 is 35.5 Å². The number of carbonyl (C=O) groups excluding carboxylic acids is 1. The Kier molecular flexibility index (Phi) is 8.64. The fraction of sp³-hybridized carbons (Fsp3) is 0.632. The monoisotopic (exact) mass is 441 g/mol. The van der Waals surface area contributed by atoms with Gasteiger partial charge in [0.2, 0.25) is 0 Å². The van der Waals surface area contributed by atoms with Crippen LogP contribution in [-0.2, 0) is 14.8 Å². The van der Waals surface area contributed by atoms with Crippen molar-refractivity contribution >= 4 is 16.0 Å². The van der Waals surface area contributed by atoms with E-state index in [0.717, 1.165) is 0 Å². The van der Waals surface area contributed by atoms with Gasteiger partial charge in [-0.3, -0.25) is 0 Å². The van der Waals surface area contributed by atoms with Gasteiger partial charge in [0.1, 0.15) is 0 Å². The molecule has 0 heterocycles. The molecule has 5 nitrogen and oxygen atoms in total. The second-order valence-corrected chi connectivity index (χ2v) is 8.78. The molecular formula is C19H27F4NO4S. The van der Waals surface area contributed by atoms with Crippen molar-refractivity contribution in [2.45, 2.75) is 69.6 Å². The van der Waals surface area contributed by atoms with Crippen LogP contribution in [0.15, 0.2) is 30.3 Å². The minimum absolute atomic E-state index is 0.112. The molecule has 166 valence electrons. The number of carbonyl (C=O) groups is 1. The molecule has 10 heteroatoms. The molecule has 0 spiro atoms. The van der Waals surface area contributed by atoms with Gasteiger partial charge in [0.05, 0.1) is 12.2 Å². The zero-order valence-electron chi connectivity index (χ0n) is 16.7. The van der Waals surface area contributed by atoms with E-state index in [2.05, 4.69) is 0 Å². The highest BCUT2D eigenvalue weighted by atomic mass is 32.2. The van der Waals surface area contributed by atoms with Crippen LogP contribution in [0.1, 0.15) is 63.2 Å². The summed E-state index contributed by atoms with van der Waals surface area (Å²) in [6, 6.07) is 7.96. The van der Waals surface area contributed by atoms with E-state index < -0.39 is 45.6 Å². The average Bonchev–Trinajstić information content (AvgIpc) is 2.67. The number of halogens is 4. The molecule has 0 aliphatic heterocycles. The zero-order valence-corrected chi connectivity index (χ0v) is 17.5. The van der Waals surface area contributed by atoms with Gasteiger partial charge in [0.15, 0.2) is 0 Å². The third-order valence-electron chi connectivity index (χ3n) is 4.83. The standard InChI is InChI=1S/C19H27F4NO4S/c1-4-17(3,5-2)24-29(26,27)19(22,23)18(20,21)13-9-10-14-28-16(25)15-11-7-6-8-12-15/h6-8,11-12,24H,4-5,9-10,13-14H2,1-3H3.